The fraction of sp³-hybridized carbons (Fsp3) is 0.360. The molecule has 2 amide bonds. The molecule has 2 N–H and O–H groups in total. The van der Waals surface area contributed by atoms with E-state index in [2.05, 4.69) is 44.7 Å². The van der Waals surface area contributed by atoms with Crippen molar-refractivity contribution >= 4 is 23.6 Å². The summed E-state index contributed by atoms with van der Waals surface area (Å²) in [5, 5.41) is 5.93. The number of hydrogen-bond acceptors (Lipinski definition) is 4. The standard InChI is InChI=1S/C25H30N4O2/c30-24(13-8-20-6-9-21(10-7-20)25(31)27-22-11-12-22)26-14-15-28-16-18-29(19-17-28)23-4-2-1-3-5-23/h1-10,13,22H,11-12,14-19H2,(H,26,30)(H,27,31)/b13-8+. The number of amides is 2. The average Bonchev–Trinajstić information content (AvgIpc) is 3.63. The molecule has 162 valence electrons. The van der Waals surface area contributed by atoms with Crippen molar-refractivity contribution in [3.8, 4) is 0 Å². The van der Waals surface area contributed by atoms with Crippen molar-refractivity contribution in [3.05, 3.63) is 71.8 Å². The summed E-state index contributed by atoms with van der Waals surface area (Å²) in [7, 11) is 0. The molecular weight excluding hydrogens is 388 g/mol. The van der Waals surface area contributed by atoms with Crippen molar-refractivity contribution in [1.82, 2.24) is 15.5 Å². The normalized spacial score (nSPS) is 17.0. The fourth-order valence-corrected chi connectivity index (χ4v) is 3.68. The van der Waals surface area contributed by atoms with Crippen LogP contribution < -0.4 is 15.5 Å². The van der Waals surface area contributed by atoms with Gasteiger partial charge in [-0.2, -0.15) is 0 Å². The molecule has 1 aliphatic heterocycles. The third-order valence-corrected chi connectivity index (χ3v) is 5.73. The maximum Gasteiger partial charge on any atom is 0.251 e. The summed E-state index contributed by atoms with van der Waals surface area (Å²) >= 11 is 0. The Morgan fingerprint density at radius 1 is 0.935 bits per heavy atom. The Labute approximate surface area is 183 Å². The van der Waals surface area contributed by atoms with Crippen molar-refractivity contribution in [2.45, 2.75) is 18.9 Å². The van der Waals surface area contributed by atoms with Gasteiger partial charge in [-0.05, 0) is 48.7 Å². The van der Waals surface area contributed by atoms with Crippen molar-refractivity contribution in [3.63, 3.8) is 0 Å². The number of carbonyl (C=O) groups excluding carboxylic acids is 2. The maximum atomic E-state index is 12.1. The Balaban J connectivity index is 1.14. The predicted molar refractivity (Wildman–Crippen MR) is 124 cm³/mol. The van der Waals surface area contributed by atoms with Crippen molar-refractivity contribution in [1.29, 1.82) is 0 Å². The average molecular weight is 419 g/mol. The third kappa shape index (κ3) is 6.43. The monoisotopic (exact) mass is 418 g/mol. The van der Waals surface area contributed by atoms with E-state index in [1.165, 1.54) is 5.69 Å². The van der Waals surface area contributed by atoms with E-state index in [0.29, 0.717) is 18.2 Å². The smallest absolute Gasteiger partial charge is 0.251 e. The molecule has 1 aliphatic carbocycles. The van der Waals surface area contributed by atoms with Crippen LogP contribution in [0.1, 0.15) is 28.8 Å². The zero-order valence-electron chi connectivity index (χ0n) is 17.8. The van der Waals surface area contributed by atoms with Crippen molar-refractivity contribution < 1.29 is 9.59 Å². The van der Waals surface area contributed by atoms with Gasteiger partial charge in [0, 0.05) is 62.6 Å². The quantitative estimate of drug-likeness (QED) is 0.647. The van der Waals surface area contributed by atoms with Gasteiger partial charge in [-0.1, -0.05) is 30.3 Å². The molecule has 1 saturated heterocycles. The van der Waals surface area contributed by atoms with Gasteiger partial charge >= 0.3 is 0 Å². The molecule has 0 atom stereocenters. The van der Waals surface area contributed by atoms with E-state index in [1.807, 2.05) is 18.2 Å². The minimum Gasteiger partial charge on any atom is -0.369 e. The molecule has 0 bridgehead atoms. The van der Waals surface area contributed by atoms with E-state index in [0.717, 1.165) is 51.1 Å². The van der Waals surface area contributed by atoms with E-state index >= 15 is 0 Å². The zero-order chi connectivity index (χ0) is 21.5. The van der Waals surface area contributed by atoms with Gasteiger partial charge in [0.2, 0.25) is 5.91 Å². The van der Waals surface area contributed by atoms with Crippen LogP contribution in [0.15, 0.2) is 60.7 Å². The highest BCUT2D eigenvalue weighted by Gasteiger charge is 2.23. The molecule has 0 aromatic heterocycles. The van der Waals surface area contributed by atoms with Crippen LogP contribution in [0.5, 0.6) is 0 Å². The minimum absolute atomic E-state index is 0.0274. The molecule has 31 heavy (non-hydrogen) atoms. The number of benzene rings is 2. The highest BCUT2D eigenvalue weighted by Crippen LogP contribution is 2.19. The second-order valence-corrected chi connectivity index (χ2v) is 8.16. The molecule has 1 heterocycles. The summed E-state index contributed by atoms with van der Waals surface area (Å²) in [4.78, 5) is 28.9. The molecule has 6 heteroatoms. The Morgan fingerprint density at radius 2 is 1.65 bits per heavy atom. The number of piperazine rings is 1. The van der Waals surface area contributed by atoms with Crippen LogP contribution in [0.2, 0.25) is 0 Å². The molecule has 1 saturated carbocycles. The Hall–Kier alpha value is -3.12. The first kappa shape index (κ1) is 21.1. The van der Waals surface area contributed by atoms with E-state index in [1.54, 1.807) is 24.3 Å². The van der Waals surface area contributed by atoms with Crippen LogP contribution >= 0.6 is 0 Å². The second-order valence-electron chi connectivity index (χ2n) is 8.16. The summed E-state index contributed by atoms with van der Waals surface area (Å²) in [6.07, 6.45) is 5.47. The molecule has 0 unspecified atom stereocenters. The summed E-state index contributed by atoms with van der Waals surface area (Å²) in [6.45, 7) is 5.50. The van der Waals surface area contributed by atoms with Crippen LogP contribution in [0.4, 0.5) is 5.69 Å². The lowest BCUT2D eigenvalue weighted by atomic mass is 10.1. The molecule has 2 aliphatic rings. The van der Waals surface area contributed by atoms with E-state index in [4.69, 9.17) is 0 Å². The Kier molecular flexibility index (Phi) is 6.99. The largest absolute Gasteiger partial charge is 0.369 e. The second kappa shape index (κ2) is 10.3. The number of para-hydroxylation sites is 1. The van der Waals surface area contributed by atoms with Gasteiger partial charge in [0.25, 0.3) is 5.91 Å². The molecular formula is C25H30N4O2. The first-order valence-electron chi connectivity index (χ1n) is 11.1. The lowest BCUT2D eigenvalue weighted by Crippen LogP contribution is -2.48. The van der Waals surface area contributed by atoms with E-state index in [9.17, 15) is 9.59 Å². The highest BCUT2D eigenvalue weighted by molar-refractivity contribution is 5.95. The molecule has 6 nitrogen and oxygen atoms in total. The molecule has 0 spiro atoms. The van der Waals surface area contributed by atoms with E-state index in [-0.39, 0.29) is 11.8 Å². The third-order valence-electron chi connectivity index (χ3n) is 5.73. The van der Waals surface area contributed by atoms with Gasteiger partial charge in [-0.15, -0.1) is 0 Å². The lowest BCUT2D eigenvalue weighted by molar-refractivity contribution is -0.116. The van der Waals surface area contributed by atoms with Gasteiger partial charge in [0.1, 0.15) is 0 Å². The maximum absolute atomic E-state index is 12.1. The molecule has 2 aromatic carbocycles. The zero-order valence-corrected chi connectivity index (χ0v) is 17.8. The number of carbonyl (C=O) groups is 2. The fourth-order valence-electron chi connectivity index (χ4n) is 3.68. The topological polar surface area (TPSA) is 64.7 Å². The number of rotatable bonds is 8. The number of anilines is 1. The summed E-state index contributed by atoms with van der Waals surface area (Å²) in [5.41, 5.74) is 2.83. The SMILES string of the molecule is O=C(/C=C/c1ccc(C(=O)NC2CC2)cc1)NCCN1CCN(c2ccccc2)CC1. The van der Waals surface area contributed by atoms with Crippen LogP contribution in [0, 0.1) is 0 Å². The van der Waals surface area contributed by atoms with Gasteiger partial charge in [0.15, 0.2) is 0 Å². The van der Waals surface area contributed by atoms with Gasteiger partial charge < -0.3 is 15.5 Å². The van der Waals surface area contributed by atoms with Crippen molar-refractivity contribution in [2.75, 3.05) is 44.2 Å². The van der Waals surface area contributed by atoms with Gasteiger partial charge in [-0.25, -0.2) is 0 Å². The number of nitrogens with zero attached hydrogens (tertiary/aromatic N) is 2. The molecule has 0 radical (unpaired) electrons. The minimum atomic E-state index is -0.0986. The first-order chi connectivity index (χ1) is 15.2. The van der Waals surface area contributed by atoms with Crippen molar-refractivity contribution in [2.24, 2.45) is 0 Å². The van der Waals surface area contributed by atoms with Crippen LogP contribution in [-0.2, 0) is 4.79 Å². The molecule has 2 fully saturated rings. The summed E-state index contributed by atoms with van der Waals surface area (Å²) in [6, 6.07) is 18.2. The highest BCUT2D eigenvalue weighted by atomic mass is 16.2. The number of nitrogens with one attached hydrogen (secondary N) is 2. The summed E-state index contributed by atoms with van der Waals surface area (Å²) < 4.78 is 0. The van der Waals surface area contributed by atoms with Crippen LogP contribution in [0.3, 0.4) is 0 Å². The van der Waals surface area contributed by atoms with Crippen LogP contribution in [-0.4, -0.2) is 62.0 Å². The van der Waals surface area contributed by atoms with Gasteiger partial charge in [-0.3, -0.25) is 14.5 Å². The first-order valence-corrected chi connectivity index (χ1v) is 11.1. The summed E-state index contributed by atoms with van der Waals surface area (Å²) in [5.74, 6) is -0.126. The Bertz CT molecular complexity index is 899. The predicted octanol–water partition coefficient (Wildman–Crippen LogP) is 2.53. The van der Waals surface area contributed by atoms with Crippen LogP contribution in [0.25, 0.3) is 6.08 Å². The number of hydrogen-bond donors (Lipinski definition) is 2. The Morgan fingerprint density at radius 3 is 2.32 bits per heavy atom. The molecule has 4 rings (SSSR count). The molecule has 2 aromatic rings. The van der Waals surface area contributed by atoms with E-state index < -0.39 is 0 Å². The van der Waals surface area contributed by atoms with Gasteiger partial charge in [0.05, 0.1) is 0 Å². The lowest BCUT2D eigenvalue weighted by Gasteiger charge is -2.36.